The Kier molecular flexibility index (Phi) is 5.25. The normalized spacial score (nSPS) is 19.6. The minimum Gasteiger partial charge on any atom is -0.337 e. The van der Waals surface area contributed by atoms with Crippen LogP contribution < -0.4 is 5.48 Å². The van der Waals surface area contributed by atoms with Crippen LogP contribution in [0.25, 0.3) is 0 Å². The molecule has 2 amide bonds. The molecule has 0 aromatic heterocycles. The summed E-state index contributed by atoms with van der Waals surface area (Å²) in [5.41, 5.74) is 2.31. The number of carbonyl (C=O) groups is 2. The van der Waals surface area contributed by atoms with Gasteiger partial charge in [0.05, 0.1) is 23.4 Å². The van der Waals surface area contributed by atoms with Crippen molar-refractivity contribution in [3.8, 4) is 0 Å². The van der Waals surface area contributed by atoms with Crippen molar-refractivity contribution in [2.75, 3.05) is 13.1 Å². The summed E-state index contributed by atoms with van der Waals surface area (Å²) < 4.78 is 37.8. The molecule has 0 aliphatic carbocycles. The van der Waals surface area contributed by atoms with Gasteiger partial charge in [-0.05, 0) is 35.8 Å². The molecule has 0 fully saturated rings. The van der Waals surface area contributed by atoms with Crippen molar-refractivity contribution < 1.29 is 28.0 Å². The van der Waals surface area contributed by atoms with Crippen molar-refractivity contribution in [2.45, 2.75) is 19.0 Å². The molecular formula is C18H17F3N2O3S. The number of nitrogens with one attached hydrogen (secondary N) is 1. The molecule has 0 spiro atoms. The first-order valence-electron chi connectivity index (χ1n) is 8.06. The topological polar surface area (TPSA) is 69.6 Å². The van der Waals surface area contributed by atoms with Crippen LogP contribution >= 0.6 is 10.5 Å². The molecule has 27 heavy (non-hydrogen) atoms. The average molecular weight is 398 g/mol. The Morgan fingerprint density at radius 2 is 1.93 bits per heavy atom. The summed E-state index contributed by atoms with van der Waals surface area (Å²) in [6, 6.07) is 4.55. The number of halogens is 3. The first-order chi connectivity index (χ1) is 12.7. The van der Waals surface area contributed by atoms with Gasteiger partial charge in [0.15, 0.2) is 0 Å². The van der Waals surface area contributed by atoms with Crippen LogP contribution in [0.5, 0.6) is 0 Å². The summed E-state index contributed by atoms with van der Waals surface area (Å²) in [7, 11) is -0.754. The van der Waals surface area contributed by atoms with Crippen LogP contribution in [0, 0.1) is 0 Å². The first-order valence-corrected chi connectivity index (χ1v) is 9.46. The van der Waals surface area contributed by atoms with Gasteiger partial charge in [0.2, 0.25) is 5.91 Å². The van der Waals surface area contributed by atoms with Gasteiger partial charge in [0.1, 0.15) is 0 Å². The van der Waals surface area contributed by atoms with Crippen molar-refractivity contribution >= 4 is 28.2 Å². The molecule has 1 aromatic rings. The van der Waals surface area contributed by atoms with E-state index in [0.29, 0.717) is 30.0 Å². The fraction of sp³-hybridized carbons (Fsp3) is 0.278. The van der Waals surface area contributed by atoms with Crippen LogP contribution in [0.2, 0.25) is 0 Å². The zero-order valence-corrected chi connectivity index (χ0v) is 15.0. The third-order valence-corrected chi connectivity index (χ3v) is 6.35. The Morgan fingerprint density at radius 3 is 2.52 bits per heavy atom. The summed E-state index contributed by atoms with van der Waals surface area (Å²) in [4.78, 5) is 27.1. The van der Waals surface area contributed by atoms with E-state index >= 15 is 0 Å². The molecule has 0 saturated carbocycles. The number of benzene rings is 1. The predicted octanol–water partition coefficient (Wildman–Crippen LogP) is 2.84. The largest absolute Gasteiger partial charge is 0.416 e. The molecule has 0 saturated heterocycles. The standard InChI is InChI=1S/C18H17F3N2O3S/c1-27-14(17(25)22-26)9-12-6-7-23(10-15(12)27)16(24)8-11-2-4-13(5-3-11)18(19,20)21/h2-5,9,26H,1,6-8,10H2,(H,22,25). The van der Waals surface area contributed by atoms with Gasteiger partial charge in [-0.2, -0.15) is 13.2 Å². The second kappa shape index (κ2) is 7.32. The molecule has 9 heteroatoms. The van der Waals surface area contributed by atoms with Crippen LogP contribution in [-0.2, 0) is 22.2 Å². The van der Waals surface area contributed by atoms with E-state index in [1.54, 1.807) is 16.5 Å². The van der Waals surface area contributed by atoms with Gasteiger partial charge < -0.3 is 4.90 Å². The molecular weight excluding hydrogens is 381 g/mol. The van der Waals surface area contributed by atoms with Gasteiger partial charge in [-0.25, -0.2) is 5.48 Å². The lowest BCUT2D eigenvalue weighted by molar-refractivity contribution is -0.137. The Balaban J connectivity index is 1.65. The highest BCUT2D eigenvalue weighted by molar-refractivity contribution is 8.21. The van der Waals surface area contributed by atoms with Crippen molar-refractivity contribution in [2.24, 2.45) is 0 Å². The van der Waals surface area contributed by atoms with Crippen molar-refractivity contribution in [3.63, 3.8) is 0 Å². The highest BCUT2D eigenvalue weighted by Gasteiger charge is 2.31. The lowest BCUT2D eigenvalue weighted by Crippen LogP contribution is -2.37. The molecule has 5 nitrogen and oxygen atoms in total. The number of alkyl halides is 3. The van der Waals surface area contributed by atoms with E-state index in [-0.39, 0.29) is 12.3 Å². The first kappa shape index (κ1) is 19.4. The second-order valence-electron chi connectivity index (χ2n) is 6.23. The number of hydroxylamine groups is 1. The van der Waals surface area contributed by atoms with Crippen LogP contribution in [0.3, 0.4) is 0 Å². The summed E-state index contributed by atoms with van der Waals surface area (Å²) in [5, 5.41) is 8.80. The number of allylic oxidation sites excluding steroid dienone is 1. The molecule has 0 bridgehead atoms. The number of rotatable bonds is 3. The van der Waals surface area contributed by atoms with E-state index in [9.17, 15) is 22.8 Å². The van der Waals surface area contributed by atoms with Crippen molar-refractivity contribution in [3.05, 3.63) is 56.9 Å². The van der Waals surface area contributed by atoms with Gasteiger partial charge in [0.25, 0.3) is 5.91 Å². The molecule has 0 radical (unpaired) electrons. The third kappa shape index (κ3) is 3.98. The van der Waals surface area contributed by atoms with E-state index in [1.807, 2.05) is 0 Å². The second-order valence-corrected chi connectivity index (χ2v) is 7.94. The van der Waals surface area contributed by atoms with Crippen molar-refractivity contribution in [1.82, 2.24) is 10.4 Å². The van der Waals surface area contributed by atoms with Gasteiger partial charge in [-0.1, -0.05) is 18.0 Å². The Morgan fingerprint density at radius 1 is 1.26 bits per heavy atom. The van der Waals surface area contributed by atoms with E-state index in [4.69, 9.17) is 5.21 Å². The quantitative estimate of drug-likeness (QED) is 0.467. The molecule has 3 rings (SSSR count). The zero-order valence-electron chi connectivity index (χ0n) is 14.2. The van der Waals surface area contributed by atoms with E-state index in [2.05, 4.69) is 5.87 Å². The highest BCUT2D eigenvalue weighted by atomic mass is 32.2. The minimum absolute atomic E-state index is 0.00306. The average Bonchev–Trinajstić information content (AvgIpc) is 2.97. The number of hydrogen-bond acceptors (Lipinski definition) is 3. The maximum Gasteiger partial charge on any atom is 0.416 e. The molecule has 2 N–H and O–H groups in total. The summed E-state index contributed by atoms with van der Waals surface area (Å²) in [6.45, 7) is 0.778. The fourth-order valence-corrected chi connectivity index (χ4v) is 4.65. The molecule has 1 atom stereocenters. The molecule has 1 unspecified atom stereocenters. The smallest absolute Gasteiger partial charge is 0.337 e. The van der Waals surface area contributed by atoms with Gasteiger partial charge in [-0.15, -0.1) is 10.5 Å². The predicted molar refractivity (Wildman–Crippen MR) is 96.1 cm³/mol. The van der Waals surface area contributed by atoms with Crippen molar-refractivity contribution in [1.29, 1.82) is 0 Å². The maximum absolute atomic E-state index is 12.6. The number of hydrogen-bond donors (Lipinski definition) is 2. The maximum atomic E-state index is 12.6. The third-order valence-electron chi connectivity index (χ3n) is 4.53. The number of carbonyl (C=O) groups excluding carboxylic acids is 2. The lowest BCUT2D eigenvalue weighted by atomic mass is 10.1. The van der Waals surface area contributed by atoms with Gasteiger partial charge in [-0.3, -0.25) is 14.8 Å². The van der Waals surface area contributed by atoms with Crippen LogP contribution in [0.15, 0.2) is 45.7 Å². The number of nitrogens with zero attached hydrogens (tertiary/aromatic N) is 1. The molecule has 1 aromatic carbocycles. The van der Waals surface area contributed by atoms with E-state index in [1.165, 1.54) is 12.1 Å². The Hall–Kier alpha value is -2.39. The van der Waals surface area contributed by atoms with E-state index < -0.39 is 28.1 Å². The van der Waals surface area contributed by atoms with E-state index in [0.717, 1.165) is 22.6 Å². The molecule has 144 valence electrons. The van der Waals surface area contributed by atoms with Crippen LogP contribution in [-0.4, -0.2) is 40.9 Å². The van der Waals surface area contributed by atoms with Crippen LogP contribution in [0.4, 0.5) is 13.2 Å². The fourth-order valence-electron chi connectivity index (χ4n) is 3.04. The minimum atomic E-state index is -4.41. The monoisotopic (exact) mass is 398 g/mol. The molecule has 2 aliphatic heterocycles. The lowest BCUT2D eigenvalue weighted by Gasteiger charge is -2.29. The zero-order chi connectivity index (χ0) is 19.8. The van der Waals surface area contributed by atoms with Gasteiger partial charge in [0, 0.05) is 11.4 Å². The summed E-state index contributed by atoms with van der Waals surface area (Å²) >= 11 is 0. The molecule has 2 heterocycles. The Bertz CT molecular complexity index is 873. The SMILES string of the molecule is C=S1C(C(=O)NO)=CC2=C1CN(C(=O)Cc1ccc(C(F)(F)F)cc1)CC2. The molecule has 2 aliphatic rings. The summed E-state index contributed by atoms with van der Waals surface area (Å²) in [5.74, 6) is 3.17. The van der Waals surface area contributed by atoms with Gasteiger partial charge >= 0.3 is 6.18 Å². The van der Waals surface area contributed by atoms with Crippen LogP contribution in [0.1, 0.15) is 17.5 Å². The number of amides is 2. The Labute approximate surface area is 156 Å². The highest BCUT2D eigenvalue weighted by Crippen LogP contribution is 2.44. The summed E-state index contributed by atoms with van der Waals surface area (Å²) in [6.07, 6.45) is -2.14.